The van der Waals surface area contributed by atoms with Crippen molar-refractivity contribution in [2.24, 2.45) is 0 Å². The van der Waals surface area contributed by atoms with Gasteiger partial charge in [-0.2, -0.15) is 0 Å². The van der Waals surface area contributed by atoms with E-state index < -0.39 is 0 Å². The number of methoxy groups -OCH3 is 1. The molecule has 0 saturated carbocycles. The summed E-state index contributed by atoms with van der Waals surface area (Å²) in [5, 5.41) is 1.03. The van der Waals surface area contributed by atoms with Crippen LogP contribution in [0.5, 0.6) is 11.5 Å². The van der Waals surface area contributed by atoms with Gasteiger partial charge in [0.15, 0.2) is 12.4 Å². The smallest absolute Gasteiger partial charge is 0.200 e. The minimum absolute atomic E-state index is 0.135. The highest BCUT2D eigenvalue weighted by molar-refractivity contribution is 6.30. The molecule has 0 saturated heterocycles. The lowest BCUT2D eigenvalue weighted by Crippen LogP contribution is -2.12. The lowest BCUT2D eigenvalue weighted by Gasteiger charge is -2.10. The van der Waals surface area contributed by atoms with Gasteiger partial charge in [0.05, 0.1) is 18.1 Å². The van der Waals surface area contributed by atoms with Gasteiger partial charge in [0.2, 0.25) is 5.43 Å². The molecule has 6 heteroatoms. The number of hydrogen-bond acceptors (Lipinski definition) is 5. The van der Waals surface area contributed by atoms with Crippen LogP contribution < -0.4 is 14.9 Å². The third-order valence-electron chi connectivity index (χ3n) is 4.95. The van der Waals surface area contributed by atoms with Crippen molar-refractivity contribution in [3.8, 4) is 22.6 Å². The number of carbonyl (C=O) groups is 1. The van der Waals surface area contributed by atoms with Gasteiger partial charge in [0.25, 0.3) is 0 Å². The molecule has 0 aliphatic heterocycles. The van der Waals surface area contributed by atoms with Crippen molar-refractivity contribution < 1.29 is 18.7 Å². The van der Waals surface area contributed by atoms with Crippen molar-refractivity contribution in [2.45, 2.75) is 6.92 Å². The van der Waals surface area contributed by atoms with Gasteiger partial charge in [-0.1, -0.05) is 23.7 Å². The first-order chi connectivity index (χ1) is 15.0. The van der Waals surface area contributed by atoms with E-state index in [1.54, 1.807) is 80.8 Å². The van der Waals surface area contributed by atoms with Gasteiger partial charge in [0.1, 0.15) is 22.8 Å². The van der Waals surface area contributed by atoms with E-state index in [0.29, 0.717) is 44.4 Å². The van der Waals surface area contributed by atoms with Gasteiger partial charge in [-0.05, 0) is 61.0 Å². The van der Waals surface area contributed by atoms with Crippen LogP contribution in [0.2, 0.25) is 5.02 Å². The molecule has 0 unspecified atom stereocenters. The molecule has 3 aromatic carbocycles. The van der Waals surface area contributed by atoms with Gasteiger partial charge < -0.3 is 13.9 Å². The van der Waals surface area contributed by atoms with Crippen molar-refractivity contribution >= 4 is 28.4 Å². The second kappa shape index (κ2) is 8.66. The van der Waals surface area contributed by atoms with Crippen LogP contribution in [0.15, 0.2) is 75.9 Å². The van der Waals surface area contributed by atoms with E-state index in [-0.39, 0.29) is 17.8 Å². The minimum Gasteiger partial charge on any atom is -0.497 e. The zero-order valence-corrected chi connectivity index (χ0v) is 17.7. The Morgan fingerprint density at radius 3 is 2.32 bits per heavy atom. The molecule has 0 fully saturated rings. The highest BCUT2D eigenvalue weighted by Gasteiger charge is 2.15. The number of aryl methyl sites for hydroxylation is 1. The van der Waals surface area contributed by atoms with E-state index in [0.717, 1.165) is 5.56 Å². The van der Waals surface area contributed by atoms with Crippen LogP contribution in [0.3, 0.4) is 0 Å². The maximum absolute atomic E-state index is 13.1. The molecular formula is C25H19ClO5. The number of halogens is 1. The number of rotatable bonds is 6. The fourth-order valence-corrected chi connectivity index (χ4v) is 3.46. The Morgan fingerprint density at radius 2 is 1.65 bits per heavy atom. The highest BCUT2D eigenvalue weighted by Crippen LogP contribution is 2.27. The number of fused-ring (bicyclic) bond motifs is 1. The Morgan fingerprint density at radius 1 is 0.968 bits per heavy atom. The van der Waals surface area contributed by atoms with Crippen LogP contribution in [0.4, 0.5) is 0 Å². The molecule has 0 bridgehead atoms. The molecule has 4 aromatic rings. The van der Waals surface area contributed by atoms with Gasteiger partial charge in [-0.25, -0.2) is 0 Å². The maximum Gasteiger partial charge on any atom is 0.200 e. The highest BCUT2D eigenvalue weighted by atomic mass is 35.5. The summed E-state index contributed by atoms with van der Waals surface area (Å²) in [7, 11) is 1.57. The van der Waals surface area contributed by atoms with Crippen LogP contribution in [0.1, 0.15) is 16.1 Å². The quantitative estimate of drug-likeness (QED) is 0.364. The molecule has 0 N–H and O–H groups in total. The Bertz CT molecular complexity index is 1310. The van der Waals surface area contributed by atoms with Crippen LogP contribution in [-0.4, -0.2) is 19.5 Å². The first-order valence-electron chi connectivity index (χ1n) is 9.59. The number of Topliss-reactive ketones (excluding diaryl/α,β-unsaturated/α-hetero) is 1. The summed E-state index contributed by atoms with van der Waals surface area (Å²) in [6, 6.07) is 18.8. The number of ether oxygens (including phenoxy) is 2. The van der Waals surface area contributed by atoms with Crippen LogP contribution in [-0.2, 0) is 0 Å². The second-order valence-electron chi connectivity index (χ2n) is 6.97. The van der Waals surface area contributed by atoms with E-state index in [2.05, 4.69) is 0 Å². The average molecular weight is 435 g/mol. The standard InChI is InChI=1S/C25H19ClO5/c1-15-24(17-3-7-18(26)8-4-17)25(28)21-12-11-20(13-23(21)31-15)30-14-22(27)16-5-9-19(29-2)10-6-16/h3-13H,14H2,1-2H3. The summed E-state index contributed by atoms with van der Waals surface area (Å²) in [6.45, 7) is 1.61. The minimum atomic E-state index is -0.168. The summed E-state index contributed by atoms with van der Waals surface area (Å²) >= 11 is 5.95. The molecule has 0 aliphatic carbocycles. The Balaban J connectivity index is 1.58. The first kappa shape index (κ1) is 20.7. The van der Waals surface area contributed by atoms with E-state index in [1.165, 1.54) is 0 Å². The molecule has 0 atom stereocenters. The SMILES string of the molecule is COc1ccc(C(=O)COc2ccc3c(=O)c(-c4ccc(Cl)cc4)c(C)oc3c2)cc1. The molecule has 0 amide bonds. The van der Waals surface area contributed by atoms with E-state index in [4.69, 9.17) is 25.5 Å². The molecule has 31 heavy (non-hydrogen) atoms. The monoisotopic (exact) mass is 434 g/mol. The van der Waals surface area contributed by atoms with E-state index >= 15 is 0 Å². The lowest BCUT2D eigenvalue weighted by molar-refractivity contribution is 0.0921. The summed E-state index contributed by atoms with van der Waals surface area (Å²) in [6.07, 6.45) is 0. The molecule has 1 heterocycles. The largest absolute Gasteiger partial charge is 0.497 e. The molecule has 0 spiro atoms. The number of carbonyl (C=O) groups excluding carboxylic acids is 1. The van der Waals surface area contributed by atoms with Gasteiger partial charge in [-0.15, -0.1) is 0 Å². The van der Waals surface area contributed by atoms with Crippen LogP contribution >= 0.6 is 11.6 Å². The normalized spacial score (nSPS) is 10.8. The molecule has 0 radical (unpaired) electrons. The van der Waals surface area contributed by atoms with Crippen molar-refractivity contribution in [3.63, 3.8) is 0 Å². The predicted octanol–water partition coefficient (Wildman–Crippen LogP) is 5.69. The van der Waals surface area contributed by atoms with Crippen molar-refractivity contribution in [1.82, 2.24) is 0 Å². The third kappa shape index (κ3) is 4.32. The zero-order chi connectivity index (χ0) is 22.0. The lowest BCUT2D eigenvalue weighted by atomic mass is 10.0. The summed E-state index contributed by atoms with van der Waals surface area (Å²) in [4.78, 5) is 25.4. The number of benzene rings is 3. The fourth-order valence-electron chi connectivity index (χ4n) is 3.34. The molecule has 4 rings (SSSR count). The number of hydrogen-bond donors (Lipinski definition) is 0. The Hall–Kier alpha value is -3.57. The van der Waals surface area contributed by atoms with Gasteiger partial charge >= 0.3 is 0 Å². The zero-order valence-electron chi connectivity index (χ0n) is 17.0. The van der Waals surface area contributed by atoms with Crippen LogP contribution in [0, 0.1) is 6.92 Å². The first-order valence-corrected chi connectivity index (χ1v) is 9.97. The predicted molar refractivity (Wildman–Crippen MR) is 120 cm³/mol. The van der Waals surface area contributed by atoms with Crippen molar-refractivity contribution in [1.29, 1.82) is 0 Å². The van der Waals surface area contributed by atoms with E-state index in [9.17, 15) is 9.59 Å². The second-order valence-corrected chi connectivity index (χ2v) is 7.40. The molecule has 0 aliphatic rings. The van der Waals surface area contributed by atoms with E-state index in [1.807, 2.05) is 0 Å². The van der Waals surface area contributed by atoms with Gasteiger partial charge in [-0.3, -0.25) is 9.59 Å². The molecule has 1 aromatic heterocycles. The Labute approximate surface area is 183 Å². The molecular weight excluding hydrogens is 416 g/mol. The van der Waals surface area contributed by atoms with Crippen molar-refractivity contribution in [3.05, 3.63) is 93.3 Å². The molecule has 5 nitrogen and oxygen atoms in total. The average Bonchev–Trinajstić information content (AvgIpc) is 2.78. The Kier molecular flexibility index (Phi) is 5.78. The van der Waals surface area contributed by atoms with Crippen molar-refractivity contribution in [2.75, 3.05) is 13.7 Å². The summed E-state index contributed by atoms with van der Waals surface area (Å²) in [5.41, 5.74) is 2.02. The fraction of sp³-hybridized carbons (Fsp3) is 0.120. The summed E-state index contributed by atoms with van der Waals surface area (Å²) < 4.78 is 16.6. The van der Waals surface area contributed by atoms with Gasteiger partial charge in [0, 0.05) is 16.7 Å². The molecule has 156 valence electrons. The topological polar surface area (TPSA) is 65.7 Å². The van der Waals surface area contributed by atoms with Crippen LogP contribution in [0.25, 0.3) is 22.1 Å². The third-order valence-corrected chi connectivity index (χ3v) is 5.21. The number of ketones is 1. The maximum atomic E-state index is 13.1. The summed E-state index contributed by atoms with van der Waals surface area (Å²) in [5.74, 6) is 1.44.